The zero-order valence-corrected chi connectivity index (χ0v) is 12.2. The molecule has 1 unspecified atom stereocenters. The lowest BCUT2D eigenvalue weighted by Gasteiger charge is -2.37. The van der Waals surface area contributed by atoms with Crippen LogP contribution in [0.3, 0.4) is 0 Å². The Morgan fingerprint density at radius 2 is 2.15 bits per heavy atom. The second-order valence-corrected chi connectivity index (χ2v) is 5.87. The van der Waals surface area contributed by atoms with Crippen molar-refractivity contribution < 1.29 is 14.7 Å². The Hall–Kier alpha value is -1.85. The molecule has 2 rings (SSSR count). The molecule has 1 saturated heterocycles. The monoisotopic (exact) mass is 279 g/mol. The fraction of sp³-hybridized carbons (Fsp3) is 0.643. The number of H-pyrrole nitrogens is 1. The first-order valence-electron chi connectivity index (χ1n) is 6.85. The van der Waals surface area contributed by atoms with E-state index in [1.165, 1.54) is 0 Å². The molecule has 1 aromatic heterocycles. The van der Waals surface area contributed by atoms with Crippen molar-refractivity contribution in [2.24, 2.45) is 5.41 Å². The maximum atomic E-state index is 12.4. The largest absolute Gasteiger partial charge is 0.481 e. The van der Waals surface area contributed by atoms with E-state index in [9.17, 15) is 14.7 Å². The number of likely N-dealkylation sites (tertiary alicyclic amines) is 1. The number of carboxylic acids is 1. The van der Waals surface area contributed by atoms with Crippen LogP contribution < -0.4 is 0 Å². The van der Waals surface area contributed by atoms with Crippen molar-refractivity contribution in [2.75, 3.05) is 13.1 Å². The number of carboxylic acid groups (broad SMARTS) is 1. The lowest BCUT2D eigenvalue weighted by atomic mass is 9.82. The summed E-state index contributed by atoms with van der Waals surface area (Å²) in [5, 5.41) is 16.2. The molecule has 110 valence electrons. The Balaban J connectivity index is 2.08. The zero-order valence-electron chi connectivity index (χ0n) is 12.2. The summed E-state index contributed by atoms with van der Waals surface area (Å²) in [7, 11) is 0. The standard InChI is InChI=1S/C14H21N3O3/c1-9-11(10(2)16-15-9)7-12(18)17-6-4-5-14(3,8-17)13(19)20/h4-8H2,1-3H3,(H,15,16)(H,19,20). The van der Waals surface area contributed by atoms with Crippen molar-refractivity contribution in [3.8, 4) is 0 Å². The first-order valence-corrected chi connectivity index (χ1v) is 6.85. The van der Waals surface area contributed by atoms with Crippen LogP contribution in [0.4, 0.5) is 0 Å². The molecular weight excluding hydrogens is 258 g/mol. The molecule has 1 fully saturated rings. The number of hydrogen-bond acceptors (Lipinski definition) is 3. The lowest BCUT2D eigenvalue weighted by Crippen LogP contribution is -2.48. The summed E-state index contributed by atoms with van der Waals surface area (Å²) < 4.78 is 0. The first-order chi connectivity index (χ1) is 9.33. The fourth-order valence-electron chi connectivity index (χ4n) is 2.72. The van der Waals surface area contributed by atoms with Gasteiger partial charge in [-0.05, 0) is 33.6 Å². The van der Waals surface area contributed by atoms with E-state index in [2.05, 4.69) is 10.2 Å². The number of aryl methyl sites for hydroxylation is 2. The van der Waals surface area contributed by atoms with Gasteiger partial charge in [-0.25, -0.2) is 0 Å². The summed E-state index contributed by atoms with van der Waals surface area (Å²) in [6.07, 6.45) is 1.64. The minimum atomic E-state index is -0.828. The molecule has 6 nitrogen and oxygen atoms in total. The summed E-state index contributed by atoms with van der Waals surface area (Å²) in [6, 6.07) is 0. The van der Waals surface area contributed by atoms with Gasteiger partial charge in [-0.2, -0.15) is 5.10 Å². The van der Waals surface area contributed by atoms with E-state index in [4.69, 9.17) is 0 Å². The van der Waals surface area contributed by atoms with Gasteiger partial charge < -0.3 is 10.0 Å². The number of aromatic amines is 1. The van der Waals surface area contributed by atoms with E-state index in [0.717, 1.165) is 23.4 Å². The Kier molecular flexibility index (Phi) is 3.83. The van der Waals surface area contributed by atoms with Crippen molar-refractivity contribution >= 4 is 11.9 Å². The molecule has 1 amide bonds. The number of amides is 1. The van der Waals surface area contributed by atoms with Crippen LogP contribution in [0.5, 0.6) is 0 Å². The predicted molar refractivity (Wildman–Crippen MR) is 73.3 cm³/mol. The zero-order chi connectivity index (χ0) is 14.9. The first kappa shape index (κ1) is 14.6. The van der Waals surface area contributed by atoms with Crippen molar-refractivity contribution in [3.63, 3.8) is 0 Å². The van der Waals surface area contributed by atoms with E-state index >= 15 is 0 Å². The molecule has 1 aliphatic rings. The Morgan fingerprint density at radius 3 is 2.70 bits per heavy atom. The molecule has 0 spiro atoms. The van der Waals surface area contributed by atoms with E-state index < -0.39 is 11.4 Å². The van der Waals surface area contributed by atoms with Gasteiger partial charge in [-0.3, -0.25) is 14.7 Å². The maximum Gasteiger partial charge on any atom is 0.311 e. The van der Waals surface area contributed by atoms with Crippen molar-refractivity contribution in [1.82, 2.24) is 15.1 Å². The predicted octanol–water partition coefficient (Wildman–Crippen LogP) is 1.28. The molecule has 1 aliphatic heterocycles. The average molecular weight is 279 g/mol. The highest BCUT2D eigenvalue weighted by Gasteiger charge is 2.39. The maximum absolute atomic E-state index is 12.4. The molecule has 0 aliphatic carbocycles. The van der Waals surface area contributed by atoms with Gasteiger partial charge in [0.2, 0.25) is 5.91 Å². The summed E-state index contributed by atoms with van der Waals surface area (Å²) in [5.41, 5.74) is 1.81. The number of carbonyl (C=O) groups is 2. The van der Waals surface area contributed by atoms with Gasteiger partial charge in [0.25, 0.3) is 0 Å². The molecule has 2 N–H and O–H groups in total. The number of piperidine rings is 1. The highest BCUT2D eigenvalue weighted by molar-refractivity contribution is 5.81. The Bertz CT molecular complexity index is 518. The second-order valence-electron chi connectivity index (χ2n) is 5.87. The highest BCUT2D eigenvalue weighted by Crippen LogP contribution is 2.30. The molecule has 0 saturated carbocycles. The van der Waals surface area contributed by atoms with Crippen molar-refractivity contribution in [1.29, 1.82) is 0 Å². The van der Waals surface area contributed by atoms with Gasteiger partial charge >= 0.3 is 5.97 Å². The van der Waals surface area contributed by atoms with Gasteiger partial charge in [0.15, 0.2) is 0 Å². The third-order valence-electron chi connectivity index (χ3n) is 4.17. The Labute approximate surface area is 118 Å². The van der Waals surface area contributed by atoms with Gasteiger partial charge in [0, 0.05) is 24.3 Å². The third-order valence-corrected chi connectivity index (χ3v) is 4.17. The van der Waals surface area contributed by atoms with Gasteiger partial charge in [-0.1, -0.05) is 0 Å². The number of nitrogens with zero attached hydrogens (tertiary/aromatic N) is 2. The summed E-state index contributed by atoms with van der Waals surface area (Å²) in [5.74, 6) is -0.851. The van der Waals surface area contributed by atoms with E-state index in [1.807, 2.05) is 13.8 Å². The van der Waals surface area contributed by atoms with Crippen LogP contribution in [0.1, 0.15) is 36.7 Å². The van der Waals surface area contributed by atoms with Crippen LogP contribution in [-0.4, -0.2) is 45.2 Å². The van der Waals surface area contributed by atoms with Gasteiger partial charge in [0.05, 0.1) is 17.5 Å². The number of hydrogen-bond donors (Lipinski definition) is 2. The summed E-state index contributed by atoms with van der Waals surface area (Å²) in [4.78, 5) is 25.4. The van der Waals surface area contributed by atoms with Crippen LogP contribution in [0.2, 0.25) is 0 Å². The third kappa shape index (κ3) is 2.69. The number of nitrogens with one attached hydrogen (secondary N) is 1. The van der Waals surface area contributed by atoms with Gasteiger partial charge in [0.1, 0.15) is 0 Å². The van der Waals surface area contributed by atoms with Crippen LogP contribution in [0, 0.1) is 19.3 Å². The molecule has 20 heavy (non-hydrogen) atoms. The Morgan fingerprint density at radius 1 is 1.45 bits per heavy atom. The van der Waals surface area contributed by atoms with Crippen molar-refractivity contribution in [2.45, 2.75) is 40.0 Å². The van der Waals surface area contributed by atoms with E-state index in [1.54, 1.807) is 11.8 Å². The highest BCUT2D eigenvalue weighted by atomic mass is 16.4. The van der Waals surface area contributed by atoms with Crippen LogP contribution in [-0.2, 0) is 16.0 Å². The average Bonchev–Trinajstić information content (AvgIpc) is 2.70. The molecule has 0 aromatic carbocycles. The molecule has 1 atom stereocenters. The second kappa shape index (κ2) is 5.26. The lowest BCUT2D eigenvalue weighted by molar-refractivity contribution is -0.153. The van der Waals surface area contributed by atoms with E-state index in [0.29, 0.717) is 13.0 Å². The molecular formula is C14H21N3O3. The number of rotatable bonds is 3. The van der Waals surface area contributed by atoms with Crippen LogP contribution >= 0.6 is 0 Å². The number of aliphatic carboxylic acids is 1. The van der Waals surface area contributed by atoms with Crippen molar-refractivity contribution in [3.05, 3.63) is 17.0 Å². The number of aromatic nitrogens is 2. The minimum Gasteiger partial charge on any atom is -0.481 e. The normalized spacial score (nSPS) is 22.9. The number of carbonyl (C=O) groups excluding carboxylic acids is 1. The van der Waals surface area contributed by atoms with Gasteiger partial charge in [-0.15, -0.1) is 0 Å². The van der Waals surface area contributed by atoms with E-state index in [-0.39, 0.29) is 18.9 Å². The SMILES string of the molecule is Cc1n[nH]c(C)c1CC(=O)N1CCCC(C)(C(=O)O)C1. The van der Waals surface area contributed by atoms with Crippen LogP contribution in [0.15, 0.2) is 0 Å². The van der Waals surface area contributed by atoms with Crippen LogP contribution in [0.25, 0.3) is 0 Å². The minimum absolute atomic E-state index is 0.0234. The summed E-state index contributed by atoms with van der Waals surface area (Å²) in [6.45, 7) is 6.39. The molecule has 0 bridgehead atoms. The molecule has 2 heterocycles. The quantitative estimate of drug-likeness (QED) is 0.872. The smallest absolute Gasteiger partial charge is 0.311 e. The fourth-order valence-corrected chi connectivity index (χ4v) is 2.72. The molecule has 1 aromatic rings. The molecule has 6 heteroatoms. The summed E-state index contributed by atoms with van der Waals surface area (Å²) >= 11 is 0. The topological polar surface area (TPSA) is 86.3 Å². The molecule has 0 radical (unpaired) electrons.